The van der Waals surface area contributed by atoms with Crippen LogP contribution in [0, 0.1) is 0 Å². The van der Waals surface area contributed by atoms with Crippen molar-refractivity contribution in [1.82, 2.24) is 0 Å². The van der Waals surface area contributed by atoms with Gasteiger partial charge in [-0.2, -0.15) is 0 Å². The SMILES string of the molecule is FC1C(F)C1(F)Cl. The molecule has 0 saturated heterocycles. The highest BCUT2D eigenvalue weighted by atomic mass is 35.5. The minimum atomic E-state index is -2.69. The molecule has 7 heavy (non-hydrogen) atoms. The standard InChI is InChI=1S/C3H2ClF3/c4-3(7)1(5)2(3)6/h1-2H. The summed E-state index contributed by atoms with van der Waals surface area (Å²) >= 11 is 4.53. The third-order valence-corrected chi connectivity index (χ3v) is 1.30. The molecule has 1 aliphatic carbocycles. The lowest BCUT2D eigenvalue weighted by molar-refractivity contribution is 0.328. The van der Waals surface area contributed by atoms with Crippen LogP contribution in [0.4, 0.5) is 13.2 Å². The van der Waals surface area contributed by atoms with Crippen LogP contribution in [0.25, 0.3) is 0 Å². The topological polar surface area (TPSA) is 0 Å². The van der Waals surface area contributed by atoms with Crippen molar-refractivity contribution >= 4 is 11.6 Å². The summed E-state index contributed by atoms with van der Waals surface area (Å²) in [5.41, 5.74) is 0. The van der Waals surface area contributed by atoms with Gasteiger partial charge >= 0.3 is 0 Å². The quantitative estimate of drug-likeness (QED) is 0.437. The fourth-order valence-corrected chi connectivity index (χ4v) is 0.413. The lowest BCUT2D eigenvalue weighted by Crippen LogP contribution is -1.90. The van der Waals surface area contributed by atoms with Gasteiger partial charge in [0.1, 0.15) is 0 Å². The van der Waals surface area contributed by atoms with Crippen LogP contribution in [0.1, 0.15) is 0 Å². The van der Waals surface area contributed by atoms with E-state index in [0.717, 1.165) is 0 Å². The summed E-state index contributed by atoms with van der Waals surface area (Å²) in [5.74, 6) is 0. The number of rotatable bonds is 0. The fourth-order valence-electron chi connectivity index (χ4n) is 0.255. The van der Waals surface area contributed by atoms with Gasteiger partial charge in [0, 0.05) is 0 Å². The Hall–Kier alpha value is 0.0800. The second-order valence-corrected chi connectivity index (χ2v) is 2.06. The zero-order valence-corrected chi connectivity index (χ0v) is 3.92. The molecule has 0 aromatic heterocycles. The number of alkyl halides is 4. The summed E-state index contributed by atoms with van der Waals surface area (Å²) in [6.07, 6.45) is -4.21. The molecular formula is C3H2ClF3. The molecule has 2 atom stereocenters. The number of hydrogen-bond acceptors (Lipinski definition) is 0. The number of hydrogen-bond donors (Lipinski definition) is 0. The van der Waals surface area contributed by atoms with Crippen LogP contribution in [0.15, 0.2) is 0 Å². The molecule has 0 spiro atoms. The van der Waals surface area contributed by atoms with Crippen LogP contribution < -0.4 is 0 Å². The Labute approximate surface area is 43.3 Å². The highest BCUT2D eigenvalue weighted by Gasteiger charge is 2.69. The molecule has 1 rings (SSSR count). The van der Waals surface area contributed by atoms with Gasteiger partial charge in [0.25, 0.3) is 5.13 Å². The van der Waals surface area contributed by atoms with E-state index in [1.165, 1.54) is 0 Å². The van der Waals surface area contributed by atoms with E-state index in [4.69, 9.17) is 0 Å². The van der Waals surface area contributed by atoms with Crippen LogP contribution in [0.2, 0.25) is 0 Å². The van der Waals surface area contributed by atoms with Gasteiger partial charge in [0.15, 0.2) is 12.3 Å². The molecule has 0 nitrogen and oxygen atoms in total. The highest BCUT2D eigenvalue weighted by molar-refractivity contribution is 6.26. The van der Waals surface area contributed by atoms with Crippen molar-refractivity contribution in [3.8, 4) is 0 Å². The van der Waals surface area contributed by atoms with E-state index in [1.54, 1.807) is 0 Å². The lowest BCUT2D eigenvalue weighted by atomic mass is 10.9. The molecule has 0 aromatic carbocycles. The Morgan fingerprint density at radius 3 is 1.43 bits per heavy atom. The molecule has 1 aliphatic rings. The molecule has 42 valence electrons. The first-order valence-corrected chi connectivity index (χ1v) is 2.10. The first-order chi connectivity index (χ1) is 3.07. The van der Waals surface area contributed by atoms with Gasteiger partial charge in [-0.1, -0.05) is 11.6 Å². The molecule has 4 heteroatoms. The van der Waals surface area contributed by atoms with Crippen molar-refractivity contribution in [3.63, 3.8) is 0 Å². The predicted octanol–water partition coefficient (Wildman–Crippen LogP) is 1.58. The summed E-state index contributed by atoms with van der Waals surface area (Å²) < 4.78 is 34.4. The minimum absolute atomic E-state index is 2.10. The molecule has 0 bridgehead atoms. The van der Waals surface area contributed by atoms with Gasteiger partial charge in [0.05, 0.1) is 0 Å². The maximum Gasteiger partial charge on any atom is 0.251 e. The van der Waals surface area contributed by atoms with Gasteiger partial charge in [0.2, 0.25) is 0 Å². The molecule has 0 aromatic rings. The molecule has 1 saturated carbocycles. The average molecular weight is 130 g/mol. The normalized spacial score (nSPS) is 60.0. The van der Waals surface area contributed by atoms with Crippen molar-refractivity contribution in [2.75, 3.05) is 0 Å². The second-order valence-electron chi connectivity index (χ2n) is 1.48. The van der Waals surface area contributed by atoms with E-state index in [0.29, 0.717) is 0 Å². The van der Waals surface area contributed by atoms with Crippen LogP contribution in [-0.4, -0.2) is 17.5 Å². The van der Waals surface area contributed by atoms with E-state index in [1.807, 2.05) is 0 Å². The first kappa shape index (κ1) is 5.22. The minimum Gasteiger partial charge on any atom is -0.239 e. The summed E-state index contributed by atoms with van der Waals surface area (Å²) in [6, 6.07) is 0. The van der Waals surface area contributed by atoms with Gasteiger partial charge in [-0.05, 0) is 0 Å². The third kappa shape index (κ3) is 0.511. The largest absolute Gasteiger partial charge is 0.251 e. The number of halogens is 4. The van der Waals surface area contributed by atoms with Crippen molar-refractivity contribution < 1.29 is 13.2 Å². The van der Waals surface area contributed by atoms with Gasteiger partial charge in [-0.3, -0.25) is 0 Å². The van der Waals surface area contributed by atoms with Crippen LogP contribution in [-0.2, 0) is 0 Å². The van der Waals surface area contributed by atoms with Crippen LogP contribution in [0.5, 0.6) is 0 Å². The van der Waals surface area contributed by atoms with Crippen LogP contribution >= 0.6 is 11.6 Å². The van der Waals surface area contributed by atoms with Gasteiger partial charge in [-0.15, -0.1) is 0 Å². The Kier molecular flexibility index (Phi) is 0.802. The lowest BCUT2D eigenvalue weighted by Gasteiger charge is -1.81. The molecule has 1 fully saturated rings. The third-order valence-electron chi connectivity index (χ3n) is 0.883. The fraction of sp³-hybridized carbons (Fsp3) is 1.00. The predicted molar refractivity (Wildman–Crippen MR) is 19.5 cm³/mol. The molecule has 0 heterocycles. The first-order valence-electron chi connectivity index (χ1n) is 1.73. The highest BCUT2D eigenvalue weighted by Crippen LogP contribution is 2.49. The molecular weight excluding hydrogens is 128 g/mol. The molecule has 2 unspecified atom stereocenters. The van der Waals surface area contributed by atoms with E-state index in [9.17, 15) is 13.2 Å². The van der Waals surface area contributed by atoms with Crippen LogP contribution in [0.3, 0.4) is 0 Å². The van der Waals surface area contributed by atoms with Crippen molar-refractivity contribution in [2.24, 2.45) is 0 Å². The summed E-state index contributed by atoms with van der Waals surface area (Å²) in [4.78, 5) is 0. The average Bonchev–Trinajstić information content (AvgIpc) is 1.91. The van der Waals surface area contributed by atoms with E-state index < -0.39 is 17.5 Å². The summed E-state index contributed by atoms with van der Waals surface area (Å²) in [5, 5.41) is -2.69. The Morgan fingerprint density at radius 1 is 1.29 bits per heavy atom. The summed E-state index contributed by atoms with van der Waals surface area (Å²) in [6.45, 7) is 0. The van der Waals surface area contributed by atoms with Gasteiger partial charge in [-0.25, -0.2) is 13.2 Å². The summed E-state index contributed by atoms with van der Waals surface area (Å²) in [7, 11) is 0. The molecule has 0 N–H and O–H groups in total. The Balaban J connectivity index is 2.52. The maximum absolute atomic E-state index is 11.6. The van der Waals surface area contributed by atoms with E-state index >= 15 is 0 Å². The smallest absolute Gasteiger partial charge is 0.239 e. The van der Waals surface area contributed by atoms with E-state index in [2.05, 4.69) is 11.6 Å². The second kappa shape index (κ2) is 1.08. The van der Waals surface area contributed by atoms with Crippen molar-refractivity contribution in [2.45, 2.75) is 17.5 Å². The zero-order chi connectivity index (χ0) is 5.65. The molecule has 0 amide bonds. The Bertz CT molecular complexity index is 82.2. The zero-order valence-electron chi connectivity index (χ0n) is 3.17. The van der Waals surface area contributed by atoms with E-state index in [-0.39, 0.29) is 0 Å². The molecule has 0 aliphatic heterocycles. The van der Waals surface area contributed by atoms with Crippen molar-refractivity contribution in [3.05, 3.63) is 0 Å². The monoisotopic (exact) mass is 130 g/mol. The molecule has 0 radical (unpaired) electrons. The maximum atomic E-state index is 11.6. The van der Waals surface area contributed by atoms with Crippen molar-refractivity contribution in [1.29, 1.82) is 0 Å². The van der Waals surface area contributed by atoms with Gasteiger partial charge < -0.3 is 0 Å². The Morgan fingerprint density at radius 2 is 1.43 bits per heavy atom.